The Balaban J connectivity index is 1.32. The highest BCUT2D eigenvalue weighted by atomic mass is 79.9. The van der Waals surface area contributed by atoms with Crippen LogP contribution >= 0.6 is 39.3 Å². The summed E-state index contributed by atoms with van der Waals surface area (Å²) in [6.45, 7) is 1.10. The van der Waals surface area contributed by atoms with Gasteiger partial charge in [-0.3, -0.25) is 9.89 Å². The van der Waals surface area contributed by atoms with Crippen molar-refractivity contribution in [2.45, 2.75) is 17.0 Å². The van der Waals surface area contributed by atoms with Gasteiger partial charge in [0.25, 0.3) is 5.91 Å². The number of furan rings is 1. The summed E-state index contributed by atoms with van der Waals surface area (Å²) < 4.78 is 14.3. The normalized spacial score (nSPS) is 15.9. The molecule has 0 radical (unpaired) electrons. The van der Waals surface area contributed by atoms with E-state index in [0.717, 1.165) is 15.4 Å². The van der Waals surface area contributed by atoms with Crippen LogP contribution in [0.15, 0.2) is 69.0 Å². The van der Waals surface area contributed by atoms with Crippen molar-refractivity contribution in [3.05, 3.63) is 81.5 Å². The molecule has 188 valence electrons. The maximum absolute atomic E-state index is 14.0. The standard InChI is InChI=1S/C24H19BrClN7O3S/c25-14-5-6-19(17(26)9-14)33-10-18(29-31-33)20-11-35-8-7-32(20)23(34)22-16(12-37-24-27-13-28-30-24)15-3-1-2-4-21(15)36-22/h1-6,9-10,13,20H,7-8,11-12H2,(H,27,28,30). The molecule has 2 aromatic carbocycles. The Bertz CT molecular complexity index is 1570. The Kier molecular flexibility index (Phi) is 6.72. The molecular weight excluding hydrogens is 582 g/mol. The van der Waals surface area contributed by atoms with Crippen LogP contribution in [-0.2, 0) is 10.5 Å². The van der Waals surface area contributed by atoms with E-state index in [1.165, 1.54) is 18.1 Å². The summed E-state index contributed by atoms with van der Waals surface area (Å²) >= 11 is 11.3. The number of morpholine rings is 1. The molecule has 1 amide bonds. The van der Waals surface area contributed by atoms with E-state index in [1.807, 2.05) is 36.4 Å². The van der Waals surface area contributed by atoms with Gasteiger partial charge < -0.3 is 14.1 Å². The second kappa shape index (κ2) is 10.3. The van der Waals surface area contributed by atoms with Crippen molar-refractivity contribution in [3.8, 4) is 5.69 Å². The number of amides is 1. The van der Waals surface area contributed by atoms with Gasteiger partial charge >= 0.3 is 0 Å². The molecule has 3 aromatic heterocycles. The molecule has 1 fully saturated rings. The van der Waals surface area contributed by atoms with Crippen molar-refractivity contribution in [1.82, 2.24) is 35.1 Å². The zero-order valence-electron chi connectivity index (χ0n) is 19.2. The van der Waals surface area contributed by atoms with Crippen molar-refractivity contribution in [1.29, 1.82) is 0 Å². The lowest BCUT2D eigenvalue weighted by atomic mass is 10.1. The third-order valence-corrected chi connectivity index (χ3v) is 7.74. The molecule has 1 saturated heterocycles. The molecule has 1 N–H and O–H groups in total. The molecule has 0 spiro atoms. The van der Waals surface area contributed by atoms with Gasteiger partial charge in [-0.15, -0.1) is 5.10 Å². The molecule has 0 bridgehead atoms. The quantitative estimate of drug-likeness (QED) is 0.269. The number of fused-ring (bicyclic) bond motifs is 1. The number of aromatic nitrogens is 6. The van der Waals surface area contributed by atoms with Crippen LogP contribution < -0.4 is 0 Å². The minimum absolute atomic E-state index is 0.228. The Morgan fingerprint density at radius 2 is 2.16 bits per heavy atom. The number of benzene rings is 2. The first-order chi connectivity index (χ1) is 18.1. The molecule has 0 saturated carbocycles. The summed E-state index contributed by atoms with van der Waals surface area (Å²) in [5, 5.41) is 17.4. The first-order valence-corrected chi connectivity index (χ1v) is 13.5. The van der Waals surface area contributed by atoms with E-state index in [-0.39, 0.29) is 5.91 Å². The van der Waals surface area contributed by atoms with Crippen LogP contribution in [-0.4, -0.2) is 60.7 Å². The van der Waals surface area contributed by atoms with Crippen LogP contribution in [0.5, 0.6) is 0 Å². The smallest absolute Gasteiger partial charge is 0.290 e. The number of halogens is 2. The van der Waals surface area contributed by atoms with Crippen LogP contribution in [0.1, 0.15) is 27.9 Å². The van der Waals surface area contributed by atoms with Gasteiger partial charge in [-0.1, -0.05) is 62.7 Å². The zero-order valence-corrected chi connectivity index (χ0v) is 22.3. The van der Waals surface area contributed by atoms with Crippen molar-refractivity contribution in [2.75, 3.05) is 19.8 Å². The molecule has 1 aliphatic rings. The number of H-pyrrole nitrogens is 1. The number of hydrogen-bond donors (Lipinski definition) is 1. The SMILES string of the molecule is O=C(c1oc2ccccc2c1CSc1ncn[nH]1)N1CCOCC1c1cn(-c2ccc(Br)cc2Cl)nn1. The minimum Gasteiger partial charge on any atom is -0.451 e. The number of thioether (sulfide) groups is 1. The fraction of sp³-hybridized carbons (Fsp3) is 0.208. The fourth-order valence-corrected chi connectivity index (χ4v) is 5.82. The number of hydrogen-bond acceptors (Lipinski definition) is 8. The predicted octanol–water partition coefficient (Wildman–Crippen LogP) is 5.05. The lowest BCUT2D eigenvalue weighted by molar-refractivity contribution is -0.00542. The van der Waals surface area contributed by atoms with Crippen LogP contribution in [0.25, 0.3) is 16.7 Å². The van der Waals surface area contributed by atoms with Crippen LogP contribution in [0.4, 0.5) is 0 Å². The Morgan fingerprint density at radius 3 is 3.00 bits per heavy atom. The van der Waals surface area contributed by atoms with Gasteiger partial charge in [-0.25, -0.2) is 9.67 Å². The lowest BCUT2D eigenvalue weighted by Gasteiger charge is -2.34. The number of aromatic amines is 1. The van der Waals surface area contributed by atoms with E-state index < -0.39 is 6.04 Å². The van der Waals surface area contributed by atoms with E-state index in [9.17, 15) is 4.79 Å². The molecule has 1 aliphatic heterocycles. The molecule has 4 heterocycles. The van der Waals surface area contributed by atoms with Crippen LogP contribution in [0.2, 0.25) is 5.02 Å². The average Bonchev–Trinajstić information content (AvgIpc) is 3.67. The first-order valence-electron chi connectivity index (χ1n) is 11.3. The monoisotopic (exact) mass is 599 g/mol. The Morgan fingerprint density at radius 1 is 1.27 bits per heavy atom. The summed E-state index contributed by atoms with van der Waals surface area (Å²) in [5.41, 5.74) is 2.74. The highest BCUT2D eigenvalue weighted by Gasteiger charge is 2.35. The molecule has 37 heavy (non-hydrogen) atoms. The highest BCUT2D eigenvalue weighted by Crippen LogP contribution is 2.34. The van der Waals surface area contributed by atoms with Crippen molar-refractivity contribution < 1.29 is 13.9 Å². The highest BCUT2D eigenvalue weighted by molar-refractivity contribution is 9.10. The van der Waals surface area contributed by atoms with E-state index in [0.29, 0.717) is 58.4 Å². The predicted molar refractivity (Wildman–Crippen MR) is 141 cm³/mol. The zero-order chi connectivity index (χ0) is 25.4. The van der Waals surface area contributed by atoms with Gasteiger partial charge in [0.05, 0.1) is 30.1 Å². The number of nitrogens with one attached hydrogen (secondary N) is 1. The molecule has 0 aliphatic carbocycles. The Hall–Kier alpha value is -3.19. The summed E-state index contributed by atoms with van der Waals surface area (Å²) in [7, 11) is 0. The van der Waals surface area contributed by atoms with Gasteiger partial charge in [0.1, 0.15) is 23.6 Å². The van der Waals surface area contributed by atoms with E-state index in [1.54, 1.807) is 21.8 Å². The topological polar surface area (TPSA) is 115 Å². The number of ether oxygens (including phenoxy) is 1. The Labute approximate surface area is 228 Å². The van der Waals surface area contributed by atoms with Crippen LogP contribution in [0, 0.1) is 0 Å². The largest absolute Gasteiger partial charge is 0.451 e. The lowest BCUT2D eigenvalue weighted by Crippen LogP contribution is -2.43. The number of rotatable bonds is 6. The van der Waals surface area contributed by atoms with Crippen molar-refractivity contribution in [3.63, 3.8) is 0 Å². The molecule has 13 heteroatoms. The summed E-state index contributed by atoms with van der Waals surface area (Å²) in [6.07, 6.45) is 3.23. The molecule has 10 nitrogen and oxygen atoms in total. The molecule has 5 aromatic rings. The molecule has 1 atom stereocenters. The second-order valence-electron chi connectivity index (χ2n) is 8.26. The average molecular weight is 601 g/mol. The van der Waals surface area contributed by atoms with Gasteiger partial charge in [-0.2, -0.15) is 5.10 Å². The van der Waals surface area contributed by atoms with Gasteiger partial charge in [0.2, 0.25) is 0 Å². The number of carbonyl (C=O) groups excluding carboxylic acids is 1. The van der Waals surface area contributed by atoms with Gasteiger partial charge in [0.15, 0.2) is 10.9 Å². The summed E-state index contributed by atoms with van der Waals surface area (Å²) in [5.74, 6) is 0.554. The first kappa shape index (κ1) is 24.2. The maximum atomic E-state index is 14.0. The van der Waals surface area contributed by atoms with Gasteiger partial charge in [0, 0.05) is 27.7 Å². The second-order valence-corrected chi connectivity index (χ2v) is 10.5. The van der Waals surface area contributed by atoms with E-state index >= 15 is 0 Å². The molecular formula is C24H19BrClN7O3S. The van der Waals surface area contributed by atoms with Crippen molar-refractivity contribution >= 4 is 56.2 Å². The number of nitrogens with zero attached hydrogens (tertiary/aromatic N) is 6. The minimum atomic E-state index is -0.438. The van der Waals surface area contributed by atoms with Crippen LogP contribution in [0.3, 0.4) is 0 Å². The summed E-state index contributed by atoms with van der Waals surface area (Å²) in [4.78, 5) is 19.9. The van der Waals surface area contributed by atoms with E-state index in [4.69, 9.17) is 20.8 Å². The third kappa shape index (κ3) is 4.77. The molecule has 6 rings (SSSR count). The van der Waals surface area contributed by atoms with Crippen molar-refractivity contribution in [2.24, 2.45) is 0 Å². The molecule has 1 unspecified atom stereocenters. The maximum Gasteiger partial charge on any atom is 0.290 e. The number of para-hydroxylation sites is 1. The van der Waals surface area contributed by atoms with Gasteiger partial charge in [-0.05, 0) is 24.3 Å². The fourth-order valence-electron chi connectivity index (χ4n) is 4.26. The third-order valence-electron chi connectivity index (χ3n) is 6.04. The van der Waals surface area contributed by atoms with E-state index in [2.05, 4.69) is 41.4 Å². The number of carbonyl (C=O) groups is 1. The summed E-state index contributed by atoms with van der Waals surface area (Å²) in [6, 6.07) is 12.7.